The lowest BCUT2D eigenvalue weighted by molar-refractivity contribution is -0.163. The van der Waals surface area contributed by atoms with Gasteiger partial charge in [0.2, 0.25) is 0 Å². The van der Waals surface area contributed by atoms with Gasteiger partial charge in [-0.25, -0.2) is 0 Å². The van der Waals surface area contributed by atoms with E-state index in [0.29, 0.717) is 24.2 Å². The van der Waals surface area contributed by atoms with Crippen LogP contribution >= 0.6 is 0 Å². The fourth-order valence-corrected chi connectivity index (χ4v) is 3.85. The molecule has 0 aromatic rings. The minimum absolute atomic E-state index is 0.00634. The van der Waals surface area contributed by atoms with Crippen LogP contribution in [0, 0.1) is 29.6 Å². The molecular formula is C17H28O3. The molecule has 3 heteroatoms. The summed E-state index contributed by atoms with van der Waals surface area (Å²) in [6, 6.07) is 0. The summed E-state index contributed by atoms with van der Waals surface area (Å²) >= 11 is 0. The summed E-state index contributed by atoms with van der Waals surface area (Å²) in [5, 5.41) is 0. The van der Waals surface area contributed by atoms with Gasteiger partial charge in [0.25, 0.3) is 0 Å². The molecule has 0 aromatic heterocycles. The zero-order valence-electron chi connectivity index (χ0n) is 13.2. The smallest absolute Gasteiger partial charge is 0.317 e. The fraction of sp³-hybridized carbons (Fsp3) is 0.882. The lowest BCUT2D eigenvalue weighted by atomic mass is 9.75. The number of esters is 1. The summed E-state index contributed by atoms with van der Waals surface area (Å²) in [7, 11) is 0. The molecule has 2 aliphatic rings. The zero-order valence-corrected chi connectivity index (χ0v) is 13.2. The summed E-state index contributed by atoms with van der Waals surface area (Å²) in [6.07, 6.45) is 4.67. The van der Waals surface area contributed by atoms with Crippen molar-refractivity contribution >= 4 is 11.8 Å². The minimum Gasteiger partial charge on any atom is -0.462 e. The number of ketones is 1. The Kier molecular flexibility index (Phi) is 4.87. The Morgan fingerprint density at radius 1 is 1.20 bits per heavy atom. The molecule has 1 unspecified atom stereocenters. The van der Waals surface area contributed by atoms with E-state index < -0.39 is 5.92 Å². The third-order valence-electron chi connectivity index (χ3n) is 5.24. The average molecular weight is 280 g/mol. The number of ether oxygens (including phenoxy) is 1. The largest absolute Gasteiger partial charge is 0.462 e. The molecule has 0 spiro atoms. The van der Waals surface area contributed by atoms with Gasteiger partial charge in [-0.2, -0.15) is 0 Å². The van der Waals surface area contributed by atoms with Crippen LogP contribution in [0.4, 0.5) is 0 Å². The number of hydrogen-bond acceptors (Lipinski definition) is 3. The third kappa shape index (κ3) is 3.24. The highest BCUT2D eigenvalue weighted by atomic mass is 16.5. The molecule has 0 N–H and O–H groups in total. The maximum Gasteiger partial charge on any atom is 0.317 e. The molecule has 2 fully saturated rings. The second kappa shape index (κ2) is 6.28. The van der Waals surface area contributed by atoms with Gasteiger partial charge in [-0.15, -0.1) is 0 Å². The Bertz CT molecular complexity index is 374. The van der Waals surface area contributed by atoms with Crippen LogP contribution in [-0.2, 0) is 14.3 Å². The van der Waals surface area contributed by atoms with Gasteiger partial charge in [0, 0.05) is 6.42 Å². The molecule has 114 valence electrons. The molecule has 0 radical (unpaired) electrons. The van der Waals surface area contributed by atoms with E-state index in [0.717, 1.165) is 19.3 Å². The Balaban J connectivity index is 2.02. The van der Waals surface area contributed by atoms with Crippen molar-refractivity contribution in [1.82, 2.24) is 0 Å². The summed E-state index contributed by atoms with van der Waals surface area (Å²) in [4.78, 5) is 24.2. The number of carbonyl (C=O) groups is 2. The SMILES string of the molecule is CC(C)[C@@H]1CC[C@@H](C)C[C@@H]1OC(=O)C1C(=O)CC[C@@H]1C. The quantitative estimate of drug-likeness (QED) is 0.586. The Morgan fingerprint density at radius 2 is 1.90 bits per heavy atom. The molecule has 2 saturated carbocycles. The first kappa shape index (κ1) is 15.5. The van der Waals surface area contributed by atoms with E-state index in [-0.39, 0.29) is 23.8 Å². The molecule has 2 rings (SSSR count). The van der Waals surface area contributed by atoms with E-state index >= 15 is 0 Å². The van der Waals surface area contributed by atoms with Crippen LogP contribution in [0.3, 0.4) is 0 Å². The Morgan fingerprint density at radius 3 is 2.45 bits per heavy atom. The van der Waals surface area contributed by atoms with Gasteiger partial charge in [0.1, 0.15) is 17.8 Å². The van der Waals surface area contributed by atoms with Crippen molar-refractivity contribution < 1.29 is 14.3 Å². The molecule has 3 nitrogen and oxygen atoms in total. The van der Waals surface area contributed by atoms with Crippen LogP contribution in [0.5, 0.6) is 0 Å². The number of Topliss-reactive ketones (excluding diaryl/α,β-unsaturated/α-hetero) is 1. The number of rotatable bonds is 3. The topological polar surface area (TPSA) is 43.4 Å². The minimum atomic E-state index is -0.500. The van der Waals surface area contributed by atoms with E-state index in [1.165, 1.54) is 6.42 Å². The van der Waals surface area contributed by atoms with Crippen LogP contribution in [0.25, 0.3) is 0 Å². The van der Waals surface area contributed by atoms with Crippen molar-refractivity contribution in [3.8, 4) is 0 Å². The molecule has 0 saturated heterocycles. The van der Waals surface area contributed by atoms with Crippen LogP contribution in [-0.4, -0.2) is 17.9 Å². The van der Waals surface area contributed by atoms with Gasteiger partial charge in [0.05, 0.1) is 0 Å². The normalized spacial score (nSPS) is 38.2. The van der Waals surface area contributed by atoms with E-state index in [1.807, 2.05) is 6.92 Å². The molecule has 0 aromatic carbocycles. The van der Waals surface area contributed by atoms with E-state index in [9.17, 15) is 9.59 Å². The predicted octanol–water partition coefficient (Wildman–Crippen LogP) is 3.61. The maximum atomic E-state index is 12.4. The fourth-order valence-electron chi connectivity index (χ4n) is 3.85. The molecule has 0 heterocycles. The van der Waals surface area contributed by atoms with Gasteiger partial charge >= 0.3 is 5.97 Å². The summed E-state index contributed by atoms with van der Waals surface area (Å²) in [6.45, 7) is 8.61. The Hall–Kier alpha value is -0.860. The lowest BCUT2D eigenvalue weighted by Crippen LogP contribution is -2.38. The van der Waals surface area contributed by atoms with Gasteiger partial charge < -0.3 is 4.74 Å². The maximum absolute atomic E-state index is 12.4. The van der Waals surface area contributed by atoms with Gasteiger partial charge in [-0.1, -0.05) is 34.1 Å². The van der Waals surface area contributed by atoms with Crippen molar-refractivity contribution in [3.05, 3.63) is 0 Å². The van der Waals surface area contributed by atoms with Crippen LogP contribution in [0.15, 0.2) is 0 Å². The van der Waals surface area contributed by atoms with E-state index in [4.69, 9.17) is 4.74 Å². The van der Waals surface area contributed by atoms with E-state index in [1.54, 1.807) is 0 Å². The summed E-state index contributed by atoms with van der Waals surface area (Å²) in [5.41, 5.74) is 0. The van der Waals surface area contributed by atoms with Crippen molar-refractivity contribution in [2.45, 2.75) is 65.9 Å². The highest BCUT2D eigenvalue weighted by Crippen LogP contribution is 2.37. The van der Waals surface area contributed by atoms with Crippen LogP contribution in [0.2, 0.25) is 0 Å². The molecule has 0 aliphatic heterocycles. The van der Waals surface area contributed by atoms with Gasteiger partial charge in [-0.05, 0) is 42.9 Å². The predicted molar refractivity (Wildman–Crippen MR) is 78.1 cm³/mol. The first-order valence-corrected chi connectivity index (χ1v) is 8.13. The molecule has 0 amide bonds. The number of carbonyl (C=O) groups excluding carboxylic acids is 2. The average Bonchev–Trinajstić information content (AvgIpc) is 2.68. The van der Waals surface area contributed by atoms with Crippen LogP contribution in [0.1, 0.15) is 59.8 Å². The molecule has 0 bridgehead atoms. The Labute approximate surface area is 122 Å². The van der Waals surface area contributed by atoms with Crippen molar-refractivity contribution in [2.75, 3.05) is 0 Å². The van der Waals surface area contributed by atoms with Crippen molar-refractivity contribution in [2.24, 2.45) is 29.6 Å². The summed E-state index contributed by atoms with van der Waals surface area (Å²) in [5.74, 6) is 1.05. The van der Waals surface area contributed by atoms with Gasteiger partial charge in [0.15, 0.2) is 0 Å². The second-order valence-corrected chi connectivity index (χ2v) is 7.26. The number of hydrogen-bond donors (Lipinski definition) is 0. The monoisotopic (exact) mass is 280 g/mol. The zero-order chi connectivity index (χ0) is 14.9. The van der Waals surface area contributed by atoms with Gasteiger partial charge in [-0.3, -0.25) is 9.59 Å². The third-order valence-corrected chi connectivity index (χ3v) is 5.24. The van der Waals surface area contributed by atoms with E-state index in [2.05, 4.69) is 20.8 Å². The standard InChI is InChI=1S/C17H28O3/c1-10(2)13-7-5-11(3)9-15(13)20-17(19)16-12(4)6-8-14(16)18/h10-13,15-16H,5-9H2,1-4H3/t11-,12+,13+,15+,16?/m1/s1. The molecular weight excluding hydrogens is 252 g/mol. The van der Waals surface area contributed by atoms with Crippen LogP contribution < -0.4 is 0 Å². The molecule has 20 heavy (non-hydrogen) atoms. The second-order valence-electron chi connectivity index (χ2n) is 7.26. The lowest BCUT2D eigenvalue weighted by Gasteiger charge is -2.37. The molecule has 2 aliphatic carbocycles. The molecule has 5 atom stereocenters. The first-order valence-electron chi connectivity index (χ1n) is 8.13. The summed E-state index contributed by atoms with van der Waals surface area (Å²) < 4.78 is 5.80. The highest BCUT2D eigenvalue weighted by molar-refractivity contribution is 6.00. The van der Waals surface area contributed by atoms with Crippen molar-refractivity contribution in [3.63, 3.8) is 0 Å². The first-order chi connectivity index (χ1) is 9.40. The highest BCUT2D eigenvalue weighted by Gasteiger charge is 2.41. The van der Waals surface area contributed by atoms with Crippen molar-refractivity contribution in [1.29, 1.82) is 0 Å².